The van der Waals surface area contributed by atoms with Crippen molar-refractivity contribution in [2.75, 3.05) is 0 Å². The minimum Gasteiger partial charge on any atom is -0.508 e. The molecule has 72 valence electrons. The van der Waals surface area contributed by atoms with E-state index in [0.717, 1.165) is 12.1 Å². The molecule has 0 saturated carbocycles. The predicted molar refractivity (Wildman–Crippen MR) is 39.1 cm³/mol. The number of para-hydroxylation sites is 1. The van der Waals surface area contributed by atoms with E-state index >= 15 is 0 Å². The molecule has 0 radical (unpaired) electrons. The molecule has 0 aliphatic rings. The van der Waals surface area contributed by atoms with Crippen LogP contribution in [0.3, 0.4) is 0 Å². The summed E-state index contributed by atoms with van der Waals surface area (Å²) < 4.78 is 35.9. The summed E-state index contributed by atoms with van der Waals surface area (Å²) in [5, 5.41) is 17.7. The number of phenolic OH excluding ortho intramolecular Hbond substituents is 1. The normalized spacial score (nSPS) is 14.2. The fourth-order valence-electron chi connectivity index (χ4n) is 0.895. The van der Waals surface area contributed by atoms with E-state index in [1.807, 2.05) is 0 Å². The van der Waals surface area contributed by atoms with Gasteiger partial charge in [-0.05, 0) is 6.07 Å². The third-order valence-electron chi connectivity index (χ3n) is 1.54. The minimum absolute atomic E-state index is 0.532. The van der Waals surface area contributed by atoms with E-state index in [4.69, 9.17) is 10.2 Å². The molecule has 1 atom stereocenters. The van der Waals surface area contributed by atoms with Crippen molar-refractivity contribution < 1.29 is 23.4 Å². The quantitative estimate of drug-likeness (QED) is 0.714. The van der Waals surface area contributed by atoms with Gasteiger partial charge in [0.25, 0.3) is 0 Å². The first-order chi connectivity index (χ1) is 5.93. The smallest absolute Gasteiger partial charge is 0.418 e. The van der Waals surface area contributed by atoms with E-state index < -0.39 is 23.6 Å². The Morgan fingerprint density at radius 3 is 2.15 bits per heavy atom. The van der Waals surface area contributed by atoms with Crippen molar-refractivity contribution in [3.05, 3.63) is 29.8 Å². The number of phenols is 1. The number of aliphatic hydroxyl groups excluding tert-OH is 1. The molecule has 1 aromatic rings. The average molecular weight is 192 g/mol. The molecule has 5 heteroatoms. The summed E-state index contributed by atoms with van der Waals surface area (Å²) in [5.74, 6) is -0.563. The van der Waals surface area contributed by atoms with Crippen LogP contribution >= 0.6 is 0 Å². The third kappa shape index (κ3) is 2.12. The molecule has 0 bridgehead atoms. The van der Waals surface area contributed by atoms with Gasteiger partial charge < -0.3 is 10.2 Å². The number of hydrogen-bond donors (Lipinski definition) is 2. The second-order valence-corrected chi connectivity index (χ2v) is 2.50. The molecular formula is C8H7F3O2. The molecule has 0 spiro atoms. The van der Waals surface area contributed by atoms with Crippen LogP contribution in [0.1, 0.15) is 11.7 Å². The molecule has 0 amide bonds. The zero-order valence-corrected chi connectivity index (χ0v) is 6.42. The topological polar surface area (TPSA) is 40.5 Å². The van der Waals surface area contributed by atoms with Gasteiger partial charge in [-0.3, -0.25) is 0 Å². The highest BCUT2D eigenvalue weighted by atomic mass is 19.4. The summed E-state index contributed by atoms with van der Waals surface area (Å²) in [4.78, 5) is 0. The minimum atomic E-state index is -4.75. The molecule has 0 heterocycles. The van der Waals surface area contributed by atoms with Crippen molar-refractivity contribution in [3.63, 3.8) is 0 Å². The lowest BCUT2D eigenvalue weighted by atomic mass is 10.1. The lowest BCUT2D eigenvalue weighted by molar-refractivity contribution is -0.207. The Hall–Kier alpha value is -1.23. The second kappa shape index (κ2) is 3.26. The van der Waals surface area contributed by atoms with Gasteiger partial charge in [-0.1, -0.05) is 18.2 Å². The molecule has 0 fully saturated rings. The number of halogens is 3. The maximum absolute atomic E-state index is 12.0. The first-order valence-electron chi connectivity index (χ1n) is 3.45. The fraction of sp³-hybridized carbons (Fsp3) is 0.250. The summed E-state index contributed by atoms with van der Waals surface area (Å²) in [5.41, 5.74) is -0.532. The van der Waals surface area contributed by atoms with Crippen molar-refractivity contribution in [3.8, 4) is 5.75 Å². The van der Waals surface area contributed by atoms with Crippen LogP contribution in [0, 0.1) is 0 Å². The van der Waals surface area contributed by atoms with Crippen LogP contribution in [0.25, 0.3) is 0 Å². The Balaban J connectivity index is 3.02. The van der Waals surface area contributed by atoms with Crippen molar-refractivity contribution in [1.82, 2.24) is 0 Å². The number of benzene rings is 1. The average Bonchev–Trinajstić information content (AvgIpc) is 2.02. The van der Waals surface area contributed by atoms with Gasteiger partial charge in [0.15, 0.2) is 6.10 Å². The Morgan fingerprint density at radius 2 is 1.69 bits per heavy atom. The number of hydrogen-bond acceptors (Lipinski definition) is 2. The maximum Gasteiger partial charge on any atom is 0.418 e. The molecule has 2 N–H and O–H groups in total. The Bertz CT molecular complexity index is 296. The van der Waals surface area contributed by atoms with Gasteiger partial charge in [0.05, 0.1) is 0 Å². The first kappa shape index (κ1) is 9.85. The van der Waals surface area contributed by atoms with Gasteiger partial charge in [-0.2, -0.15) is 13.2 Å². The van der Waals surface area contributed by atoms with Gasteiger partial charge in [0.2, 0.25) is 0 Å². The highest BCUT2D eigenvalue weighted by Gasteiger charge is 2.40. The number of alkyl halides is 3. The van der Waals surface area contributed by atoms with Gasteiger partial charge in [-0.25, -0.2) is 0 Å². The predicted octanol–water partition coefficient (Wildman–Crippen LogP) is 1.99. The lowest BCUT2D eigenvalue weighted by Gasteiger charge is -2.15. The van der Waals surface area contributed by atoms with Crippen LogP contribution < -0.4 is 0 Å². The van der Waals surface area contributed by atoms with Gasteiger partial charge >= 0.3 is 6.18 Å². The summed E-state index contributed by atoms with van der Waals surface area (Å²) in [6.07, 6.45) is -7.38. The maximum atomic E-state index is 12.0. The van der Waals surface area contributed by atoms with Gasteiger partial charge in [0, 0.05) is 5.56 Å². The Kier molecular flexibility index (Phi) is 2.47. The van der Waals surface area contributed by atoms with Crippen molar-refractivity contribution >= 4 is 0 Å². The monoisotopic (exact) mass is 192 g/mol. The highest BCUT2D eigenvalue weighted by Crippen LogP contribution is 2.36. The van der Waals surface area contributed by atoms with Crippen LogP contribution in [0.15, 0.2) is 24.3 Å². The molecule has 1 rings (SSSR count). The second-order valence-electron chi connectivity index (χ2n) is 2.50. The number of aliphatic hydroxyl groups is 1. The van der Waals surface area contributed by atoms with Crippen LogP contribution in [-0.4, -0.2) is 16.4 Å². The lowest BCUT2D eigenvalue weighted by Crippen LogP contribution is -2.20. The van der Waals surface area contributed by atoms with Crippen LogP contribution in [-0.2, 0) is 0 Å². The van der Waals surface area contributed by atoms with E-state index in [9.17, 15) is 13.2 Å². The fourth-order valence-corrected chi connectivity index (χ4v) is 0.895. The van der Waals surface area contributed by atoms with E-state index in [1.165, 1.54) is 12.1 Å². The largest absolute Gasteiger partial charge is 0.508 e. The van der Waals surface area contributed by atoms with Crippen molar-refractivity contribution in [2.45, 2.75) is 12.3 Å². The van der Waals surface area contributed by atoms with Crippen LogP contribution in [0.5, 0.6) is 5.75 Å². The third-order valence-corrected chi connectivity index (χ3v) is 1.54. The summed E-state index contributed by atoms with van der Waals surface area (Å²) >= 11 is 0. The molecule has 0 aliphatic heterocycles. The van der Waals surface area contributed by atoms with E-state index in [-0.39, 0.29) is 0 Å². The SMILES string of the molecule is Oc1ccccc1[C@@H](O)C(F)(F)F. The van der Waals surface area contributed by atoms with Gasteiger partial charge in [-0.15, -0.1) is 0 Å². The zero-order valence-electron chi connectivity index (χ0n) is 6.42. The standard InChI is InChI=1S/C8H7F3O2/c9-8(10,11)7(13)5-3-1-2-4-6(5)12/h1-4,7,12-13H/t7-/m1/s1. The molecule has 2 nitrogen and oxygen atoms in total. The van der Waals surface area contributed by atoms with Crippen LogP contribution in [0.4, 0.5) is 13.2 Å². The summed E-state index contributed by atoms with van der Waals surface area (Å²) in [6, 6.07) is 4.80. The highest BCUT2D eigenvalue weighted by molar-refractivity contribution is 5.34. The molecule has 0 aliphatic carbocycles. The molecular weight excluding hydrogens is 185 g/mol. The zero-order chi connectivity index (χ0) is 10.1. The van der Waals surface area contributed by atoms with Crippen molar-refractivity contribution in [1.29, 1.82) is 0 Å². The molecule has 13 heavy (non-hydrogen) atoms. The Morgan fingerprint density at radius 1 is 1.15 bits per heavy atom. The summed E-state index contributed by atoms with van der Waals surface area (Å²) in [6.45, 7) is 0. The number of aromatic hydroxyl groups is 1. The number of rotatable bonds is 1. The van der Waals surface area contributed by atoms with Crippen molar-refractivity contribution in [2.24, 2.45) is 0 Å². The Labute approximate surface area is 72.2 Å². The molecule has 0 aromatic heterocycles. The summed E-state index contributed by atoms with van der Waals surface area (Å²) in [7, 11) is 0. The van der Waals surface area contributed by atoms with Crippen LogP contribution in [0.2, 0.25) is 0 Å². The van der Waals surface area contributed by atoms with E-state index in [0.29, 0.717) is 0 Å². The van der Waals surface area contributed by atoms with E-state index in [1.54, 1.807) is 0 Å². The van der Waals surface area contributed by atoms with E-state index in [2.05, 4.69) is 0 Å². The molecule has 1 aromatic carbocycles. The molecule has 0 saturated heterocycles. The first-order valence-corrected chi connectivity index (χ1v) is 3.45. The van der Waals surface area contributed by atoms with Gasteiger partial charge in [0.1, 0.15) is 5.75 Å². The molecule has 0 unspecified atom stereocenters.